The lowest BCUT2D eigenvalue weighted by Gasteiger charge is -2.34. The number of benzene rings is 2. The van der Waals surface area contributed by atoms with E-state index in [1.54, 1.807) is 15.8 Å². The molecule has 1 atom stereocenters. The van der Waals surface area contributed by atoms with Gasteiger partial charge in [-0.3, -0.25) is 14.6 Å². The molecular weight excluding hydrogens is 480 g/mol. The molecule has 0 aliphatic heterocycles. The molecule has 2 aromatic carbocycles. The smallest absolute Gasteiger partial charge is 0.247 e. The van der Waals surface area contributed by atoms with Crippen molar-refractivity contribution in [1.29, 1.82) is 0 Å². The van der Waals surface area contributed by atoms with Crippen LogP contribution in [0.2, 0.25) is 0 Å². The molecule has 0 aliphatic carbocycles. The van der Waals surface area contributed by atoms with Gasteiger partial charge in [-0.1, -0.05) is 36.4 Å². The first-order valence-electron chi connectivity index (χ1n) is 13.1. The Morgan fingerprint density at radius 3 is 2.68 bits per heavy atom. The Balaban J connectivity index is 1.73. The number of carbonyl (C=O) groups excluding carboxylic acids is 2. The summed E-state index contributed by atoms with van der Waals surface area (Å²) in [5.74, 6) is -0.453. The van der Waals surface area contributed by atoms with Crippen molar-refractivity contribution < 1.29 is 14.3 Å². The Hall–Kier alpha value is -3.85. The predicted molar refractivity (Wildman–Crippen MR) is 147 cm³/mol. The monoisotopic (exact) mass is 516 g/mol. The predicted octanol–water partition coefficient (Wildman–Crippen LogP) is 4.28. The number of nitrogens with zero attached hydrogens (tertiary/aromatic N) is 5. The van der Waals surface area contributed by atoms with Crippen LogP contribution in [0.3, 0.4) is 0 Å². The molecule has 1 N–H and O–H groups in total. The molecule has 4 aromatic rings. The first-order chi connectivity index (χ1) is 18.3. The van der Waals surface area contributed by atoms with E-state index in [2.05, 4.69) is 20.6 Å². The van der Waals surface area contributed by atoms with Gasteiger partial charge in [0.15, 0.2) is 0 Å². The summed E-state index contributed by atoms with van der Waals surface area (Å²) in [7, 11) is 0. The van der Waals surface area contributed by atoms with Crippen molar-refractivity contribution >= 4 is 33.8 Å². The molecule has 0 saturated heterocycles. The van der Waals surface area contributed by atoms with Gasteiger partial charge < -0.3 is 15.0 Å². The fraction of sp³-hybridized carbons (Fsp3) is 0.414. The number of ether oxygens (including phenoxy) is 1. The van der Waals surface area contributed by atoms with Gasteiger partial charge in [-0.15, -0.1) is 5.10 Å². The van der Waals surface area contributed by atoms with Crippen LogP contribution in [-0.2, 0) is 20.9 Å². The lowest BCUT2D eigenvalue weighted by molar-refractivity contribution is -0.142. The molecule has 0 bridgehead atoms. The second-order valence-electron chi connectivity index (χ2n) is 9.96. The zero-order valence-electron chi connectivity index (χ0n) is 22.6. The lowest BCUT2D eigenvalue weighted by atomic mass is 9.97. The molecule has 38 heavy (non-hydrogen) atoms. The van der Waals surface area contributed by atoms with Gasteiger partial charge >= 0.3 is 0 Å². The van der Waals surface area contributed by atoms with Crippen LogP contribution in [0, 0.1) is 0 Å². The fourth-order valence-corrected chi connectivity index (χ4v) is 4.36. The SMILES string of the molecule is CCOCCCN(C(=O)Cn1nnc2ccccc21)C(C(=O)NC(C)(C)CC)c1ccc2ncccc2c1. The van der Waals surface area contributed by atoms with Crippen molar-refractivity contribution in [2.75, 3.05) is 19.8 Å². The maximum absolute atomic E-state index is 13.9. The number of para-hydroxylation sites is 1. The number of hydrogen-bond donors (Lipinski definition) is 1. The van der Waals surface area contributed by atoms with Crippen molar-refractivity contribution in [2.45, 2.75) is 58.7 Å². The molecule has 0 spiro atoms. The third kappa shape index (κ3) is 6.34. The summed E-state index contributed by atoms with van der Waals surface area (Å²) in [4.78, 5) is 33.9. The van der Waals surface area contributed by atoms with Crippen LogP contribution in [0.4, 0.5) is 0 Å². The number of carbonyl (C=O) groups is 2. The summed E-state index contributed by atoms with van der Waals surface area (Å²) in [6, 6.07) is 16.2. The van der Waals surface area contributed by atoms with E-state index >= 15 is 0 Å². The second-order valence-corrected chi connectivity index (χ2v) is 9.96. The van der Waals surface area contributed by atoms with Crippen molar-refractivity contribution in [3.63, 3.8) is 0 Å². The number of pyridine rings is 1. The van der Waals surface area contributed by atoms with Gasteiger partial charge in [-0.2, -0.15) is 0 Å². The largest absolute Gasteiger partial charge is 0.382 e. The van der Waals surface area contributed by atoms with Crippen LogP contribution in [0.1, 0.15) is 52.1 Å². The number of amides is 2. The minimum absolute atomic E-state index is 0.0365. The van der Waals surface area contributed by atoms with Gasteiger partial charge in [0.1, 0.15) is 18.1 Å². The van der Waals surface area contributed by atoms with E-state index in [9.17, 15) is 9.59 Å². The van der Waals surface area contributed by atoms with Gasteiger partial charge in [-0.25, -0.2) is 4.68 Å². The standard InChI is InChI=1S/C29H36N6O3/c1-5-29(3,4)31-28(37)27(22-14-15-23-21(19-22)11-9-16-30-23)34(17-10-18-38-6-2)26(36)20-35-25-13-8-7-12-24(25)32-33-35/h7-9,11-16,19,27H,5-6,10,17-18,20H2,1-4H3,(H,31,37). The molecule has 1 unspecified atom stereocenters. The molecule has 9 nitrogen and oxygen atoms in total. The molecule has 0 aliphatic rings. The van der Waals surface area contributed by atoms with Crippen LogP contribution in [-0.4, -0.2) is 62.0 Å². The van der Waals surface area contributed by atoms with E-state index in [0.29, 0.717) is 31.7 Å². The molecular formula is C29H36N6O3. The average molecular weight is 517 g/mol. The number of fused-ring (bicyclic) bond motifs is 2. The second kappa shape index (κ2) is 12.1. The molecule has 0 fully saturated rings. The molecule has 9 heteroatoms. The molecule has 2 amide bonds. The van der Waals surface area contributed by atoms with Gasteiger partial charge in [0.2, 0.25) is 11.8 Å². The quantitative estimate of drug-likeness (QED) is 0.282. The highest BCUT2D eigenvalue weighted by molar-refractivity contribution is 5.91. The van der Waals surface area contributed by atoms with Crippen LogP contribution in [0.15, 0.2) is 60.8 Å². The van der Waals surface area contributed by atoms with Gasteiger partial charge in [0.05, 0.1) is 11.0 Å². The minimum Gasteiger partial charge on any atom is -0.382 e. The lowest BCUT2D eigenvalue weighted by Crippen LogP contribution is -2.51. The third-order valence-corrected chi connectivity index (χ3v) is 6.77. The normalized spacial score (nSPS) is 12.5. The average Bonchev–Trinajstić information content (AvgIpc) is 3.32. The van der Waals surface area contributed by atoms with Crippen molar-refractivity contribution in [1.82, 2.24) is 30.2 Å². The first-order valence-corrected chi connectivity index (χ1v) is 13.1. The first kappa shape index (κ1) is 27.2. The maximum Gasteiger partial charge on any atom is 0.247 e. The third-order valence-electron chi connectivity index (χ3n) is 6.77. The van der Waals surface area contributed by atoms with Crippen LogP contribution < -0.4 is 5.32 Å². The topological polar surface area (TPSA) is 102 Å². The van der Waals surface area contributed by atoms with Crippen molar-refractivity contribution in [3.05, 3.63) is 66.4 Å². The highest BCUT2D eigenvalue weighted by atomic mass is 16.5. The van der Waals surface area contributed by atoms with Gasteiger partial charge in [0.25, 0.3) is 0 Å². The summed E-state index contributed by atoms with van der Waals surface area (Å²) in [6.45, 7) is 9.31. The highest BCUT2D eigenvalue weighted by Crippen LogP contribution is 2.27. The van der Waals surface area contributed by atoms with Crippen LogP contribution in [0.25, 0.3) is 21.9 Å². The zero-order chi connectivity index (χ0) is 27.1. The highest BCUT2D eigenvalue weighted by Gasteiger charge is 2.34. The van der Waals surface area contributed by atoms with E-state index in [1.165, 1.54) is 0 Å². The Labute approximate surface area is 223 Å². The van der Waals surface area contributed by atoms with E-state index in [-0.39, 0.29) is 18.4 Å². The molecule has 0 radical (unpaired) electrons. The minimum atomic E-state index is -0.839. The number of rotatable bonds is 12. The van der Waals surface area contributed by atoms with Crippen molar-refractivity contribution in [2.24, 2.45) is 0 Å². The summed E-state index contributed by atoms with van der Waals surface area (Å²) in [5.41, 5.74) is 2.59. The molecule has 0 saturated carbocycles. The number of aromatic nitrogens is 4. The van der Waals surface area contributed by atoms with Crippen LogP contribution in [0.5, 0.6) is 0 Å². The van der Waals surface area contributed by atoms with E-state index in [4.69, 9.17) is 4.74 Å². The molecule has 200 valence electrons. The summed E-state index contributed by atoms with van der Waals surface area (Å²) in [6.07, 6.45) is 3.08. The molecule has 2 aromatic heterocycles. The zero-order valence-corrected chi connectivity index (χ0v) is 22.6. The Kier molecular flexibility index (Phi) is 8.68. The summed E-state index contributed by atoms with van der Waals surface area (Å²) in [5, 5.41) is 12.5. The van der Waals surface area contributed by atoms with Crippen LogP contribution >= 0.6 is 0 Å². The maximum atomic E-state index is 13.9. The van der Waals surface area contributed by atoms with E-state index < -0.39 is 11.6 Å². The fourth-order valence-electron chi connectivity index (χ4n) is 4.36. The van der Waals surface area contributed by atoms with Crippen molar-refractivity contribution in [3.8, 4) is 0 Å². The number of hydrogen-bond acceptors (Lipinski definition) is 6. The summed E-state index contributed by atoms with van der Waals surface area (Å²) >= 11 is 0. The van der Waals surface area contributed by atoms with E-state index in [1.807, 2.05) is 82.3 Å². The molecule has 4 rings (SSSR count). The van der Waals surface area contributed by atoms with Gasteiger partial charge in [-0.05, 0) is 69.5 Å². The summed E-state index contributed by atoms with van der Waals surface area (Å²) < 4.78 is 7.14. The Bertz CT molecular complexity index is 1400. The van der Waals surface area contributed by atoms with E-state index in [0.717, 1.165) is 28.4 Å². The number of nitrogens with one attached hydrogen (secondary N) is 1. The molecule has 2 heterocycles. The Morgan fingerprint density at radius 1 is 1.08 bits per heavy atom. The Morgan fingerprint density at radius 2 is 1.89 bits per heavy atom. The van der Waals surface area contributed by atoms with Gasteiger partial charge in [0, 0.05) is 36.9 Å².